The van der Waals surface area contributed by atoms with Crippen LogP contribution in [0.15, 0.2) is 42.5 Å². The highest BCUT2D eigenvalue weighted by atomic mass is 16.5. The van der Waals surface area contributed by atoms with Gasteiger partial charge in [0.05, 0.1) is 5.69 Å². The second-order valence-electron chi connectivity index (χ2n) is 6.66. The molecule has 29 heavy (non-hydrogen) atoms. The van der Waals surface area contributed by atoms with Crippen LogP contribution < -0.4 is 4.74 Å². The van der Waals surface area contributed by atoms with Crippen molar-refractivity contribution in [2.24, 2.45) is 0 Å². The first-order chi connectivity index (χ1) is 14.0. The molecular weight excluding hydrogens is 374 g/mol. The quantitative estimate of drug-likeness (QED) is 0.611. The maximum atomic E-state index is 9.55. The molecule has 2 heterocycles. The minimum atomic E-state index is -1.26. The van der Waals surface area contributed by atoms with Gasteiger partial charge in [-0.3, -0.25) is 10.00 Å². The first-order valence-electron chi connectivity index (χ1n) is 9.57. The van der Waals surface area contributed by atoms with E-state index >= 15 is 0 Å². The van der Waals surface area contributed by atoms with Gasteiger partial charge >= 0.3 is 11.9 Å². The standard InChI is InChI=1S/C17H23N3O.C4H4O4/c1-14-16(15-8-4-2-5-9-15)18-19-17(14)21-13-12-20-10-6-3-7-11-20;5-3(6)1-2-4(7)8/h2,4-5,8-9H,3,6-7,10-13H2,1H3,(H,18,19);1-2H,(H,5,6)(H,7,8)/b;2-1-. The first kappa shape index (κ1) is 22.2. The van der Waals surface area contributed by atoms with Crippen LogP contribution in [-0.2, 0) is 9.59 Å². The summed E-state index contributed by atoms with van der Waals surface area (Å²) in [5.74, 6) is -1.79. The van der Waals surface area contributed by atoms with Gasteiger partial charge < -0.3 is 14.9 Å². The van der Waals surface area contributed by atoms with Crippen LogP contribution in [0.25, 0.3) is 11.3 Å². The molecule has 8 heteroatoms. The molecule has 156 valence electrons. The van der Waals surface area contributed by atoms with Gasteiger partial charge in [-0.05, 0) is 38.4 Å². The van der Waals surface area contributed by atoms with Crippen molar-refractivity contribution in [2.75, 3.05) is 26.2 Å². The molecule has 3 rings (SSSR count). The van der Waals surface area contributed by atoms with Gasteiger partial charge in [0.2, 0.25) is 5.88 Å². The van der Waals surface area contributed by atoms with Crippen LogP contribution in [0.4, 0.5) is 0 Å². The van der Waals surface area contributed by atoms with E-state index in [2.05, 4.69) is 34.2 Å². The van der Waals surface area contributed by atoms with Gasteiger partial charge in [-0.1, -0.05) is 36.8 Å². The molecule has 0 spiro atoms. The molecule has 0 amide bonds. The number of H-pyrrole nitrogens is 1. The third-order valence-corrected chi connectivity index (χ3v) is 4.49. The minimum Gasteiger partial charge on any atom is -0.478 e. The normalized spacial score (nSPS) is 14.2. The number of likely N-dealkylation sites (tertiary alicyclic amines) is 1. The van der Waals surface area contributed by atoms with Crippen molar-refractivity contribution in [1.82, 2.24) is 15.1 Å². The molecule has 3 N–H and O–H groups in total. The Morgan fingerprint density at radius 1 is 1.10 bits per heavy atom. The third-order valence-electron chi connectivity index (χ3n) is 4.49. The van der Waals surface area contributed by atoms with Crippen LogP contribution >= 0.6 is 0 Å². The summed E-state index contributed by atoms with van der Waals surface area (Å²) in [7, 11) is 0. The Bertz CT molecular complexity index is 795. The monoisotopic (exact) mass is 401 g/mol. The number of nitrogens with zero attached hydrogens (tertiary/aromatic N) is 2. The van der Waals surface area contributed by atoms with E-state index in [-0.39, 0.29) is 0 Å². The number of nitrogens with one attached hydrogen (secondary N) is 1. The van der Waals surface area contributed by atoms with Crippen molar-refractivity contribution in [3.05, 3.63) is 48.0 Å². The Balaban J connectivity index is 0.000000321. The number of aliphatic carboxylic acids is 2. The van der Waals surface area contributed by atoms with Crippen LogP contribution in [0.3, 0.4) is 0 Å². The van der Waals surface area contributed by atoms with Crippen LogP contribution in [0, 0.1) is 6.92 Å². The number of aromatic nitrogens is 2. The topological polar surface area (TPSA) is 116 Å². The van der Waals surface area contributed by atoms with E-state index in [1.165, 1.54) is 32.4 Å². The number of ether oxygens (including phenoxy) is 1. The lowest BCUT2D eigenvalue weighted by molar-refractivity contribution is -0.134. The fraction of sp³-hybridized carbons (Fsp3) is 0.381. The molecule has 2 aromatic rings. The largest absolute Gasteiger partial charge is 0.478 e. The maximum Gasteiger partial charge on any atom is 0.328 e. The number of carbonyl (C=O) groups is 2. The molecule has 1 aliphatic rings. The van der Waals surface area contributed by atoms with Gasteiger partial charge in [-0.2, -0.15) is 0 Å². The summed E-state index contributed by atoms with van der Waals surface area (Å²) in [5, 5.41) is 23.0. The Hall–Kier alpha value is -3.13. The van der Waals surface area contributed by atoms with E-state index in [0.717, 1.165) is 29.2 Å². The van der Waals surface area contributed by atoms with Gasteiger partial charge in [-0.25, -0.2) is 9.59 Å². The average molecular weight is 401 g/mol. The van der Waals surface area contributed by atoms with Gasteiger partial charge in [0.15, 0.2) is 0 Å². The second kappa shape index (κ2) is 11.7. The Labute approximate surface area is 169 Å². The van der Waals surface area contributed by atoms with Gasteiger partial charge in [-0.15, -0.1) is 5.10 Å². The lowest BCUT2D eigenvalue weighted by Gasteiger charge is -2.25. The zero-order chi connectivity index (χ0) is 21.1. The molecule has 1 aromatic heterocycles. The summed E-state index contributed by atoms with van der Waals surface area (Å²) in [6.07, 6.45) is 5.13. The predicted molar refractivity (Wildman–Crippen MR) is 109 cm³/mol. The molecule has 0 radical (unpaired) electrons. The average Bonchev–Trinajstić information content (AvgIpc) is 3.09. The predicted octanol–water partition coefficient (Wildman–Crippen LogP) is 2.96. The fourth-order valence-electron chi connectivity index (χ4n) is 3.00. The summed E-state index contributed by atoms with van der Waals surface area (Å²) in [5.41, 5.74) is 3.27. The van der Waals surface area contributed by atoms with E-state index in [1.54, 1.807) is 0 Å². The lowest BCUT2D eigenvalue weighted by atomic mass is 10.1. The Morgan fingerprint density at radius 3 is 2.31 bits per heavy atom. The van der Waals surface area contributed by atoms with E-state index in [4.69, 9.17) is 14.9 Å². The minimum absolute atomic E-state index is 0.558. The van der Waals surface area contributed by atoms with Gasteiger partial charge in [0.25, 0.3) is 0 Å². The van der Waals surface area contributed by atoms with Crippen molar-refractivity contribution in [3.8, 4) is 17.1 Å². The zero-order valence-electron chi connectivity index (χ0n) is 16.5. The highest BCUT2D eigenvalue weighted by Crippen LogP contribution is 2.26. The molecule has 1 aliphatic heterocycles. The van der Waals surface area contributed by atoms with Crippen molar-refractivity contribution < 1.29 is 24.5 Å². The molecule has 1 aromatic carbocycles. The van der Waals surface area contributed by atoms with Crippen molar-refractivity contribution in [3.63, 3.8) is 0 Å². The Morgan fingerprint density at radius 2 is 1.72 bits per heavy atom. The Kier molecular flexibility index (Phi) is 8.91. The van der Waals surface area contributed by atoms with E-state index in [0.29, 0.717) is 18.8 Å². The van der Waals surface area contributed by atoms with E-state index in [9.17, 15) is 9.59 Å². The molecule has 8 nitrogen and oxygen atoms in total. The summed E-state index contributed by atoms with van der Waals surface area (Å²) >= 11 is 0. The van der Waals surface area contributed by atoms with Crippen molar-refractivity contribution in [2.45, 2.75) is 26.2 Å². The van der Waals surface area contributed by atoms with Crippen LogP contribution in [0.1, 0.15) is 24.8 Å². The second-order valence-corrected chi connectivity index (χ2v) is 6.66. The van der Waals surface area contributed by atoms with Gasteiger partial charge in [0.1, 0.15) is 6.61 Å². The van der Waals surface area contributed by atoms with Crippen LogP contribution in [0.2, 0.25) is 0 Å². The summed E-state index contributed by atoms with van der Waals surface area (Å²) in [6.45, 7) is 6.17. The van der Waals surface area contributed by atoms with Crippen LogP contribution in [-0.4, -0.2) is 63.5 Å². The third kappa shape index (κ3) is 7.79. The molecule has 1 fully saturated rings. The summed E-state index contributed by atoms with van der Waals surface area (Å²) < 4.78 is 5.86. The molecule has 0 saturated carbocycles. The molecular formula is C21H27N3O5. The van der Waals surface area contributed by atoms with E-state index < -0.39 is 11.9 Å². The first-order valence-corrected chi connectivity index (χ1v) is 9.57. The molecule has 0 atom stereocenters. The smallest absolute Gasteiger partial charge is 0.328 e. The van der Waals surface area contributed by atoms with Crippen molar-refractivity contribution >= 4 is 11.9 Å². The maximum absolute atomic E-state index is 9.55. The fourth-order valence-corrected chi connectivity index (χ4v) is 3.00. The highest BCUT2D eigenvalue weighted by molar-refractivity contribution is 5.89. The van der Waals surface area contributed by atoms with E-state index in [1.807, 2.05) is 18.2 Å². The zero-order valence-corrected chi connectivity index (χ0v) is 16.5. The number of hydrogen-bond acceptors (Lipinski definition) is 5. The number of carboxylic acid groups (broad SMARTS) is 2. The summed E-state index contributed by atoms with van der Waals surface area (Å²) in [4.78, 5) is 21.6. The molecule has 0 unspecified atom stereocenters. The SMILES string of the molecule is Cc1c(OCCN2CCCCC2)n[nH]c1-c1ccccc1.O=C(O)/C=C\C(=O)O. The number of rotatable bonds is 7. The van der Waals surface area contributed by atoms with Gasteiger partial charge in [0, 0.05) is 24.3 Å². The molecule has 1 saturated heterocycles. The molecule has 0 aliphatic carbocycles. The number of hydrogen-bond donors (Lipinski definition) is 3. The number of benzene rings is 1. The highest BCUT2D eigenvalue weighted by Gasteiger charge is 2.13. The molecule has 0 bridgehead atoms. The van der Waals surface area contributed by atoms with Crippen LogP contribution in [0.5, 0.6) is 5.88 Å². The number of piperidine rings is 1. The van der Waals surface area contributed by atoms with Crippen molar-refractivity contribution in [1.29, 1.82) is 0 Å². The number of carboxylic acids is 2. The lowest BCUT2D eigenvalue weighted by Crippen LogP contribution is -2.33. The summed E-state index contributed by atoms with van der Waals surface area (Å²) in [6, 6.07) is 10.3. The number of aromatic amines is 1.